The fraction of sp³-hybridized carbons (Fsp3) is 0.261. The molecule has 162 valence electrons. The average molecular weight is 475 g/mol. The number of benzene rings is 2. The van der Waals surface area contributed by atoms with Gasteiger partial charge in [-0.2, -0.15) is 0 Å². The first-order valence-corrected chi connectivity index (χ1v) is 11.6. The first kappa shape index (κ1) is 23.4. The first-order valence-electron chi connectivity index (χ1n) is 9.87. The lowest BCUT2D eigenvalue weighted by Crippen LogP contribution is -2.33. The van der Waals surface area contributed by atoms with Gasteiger partial charge in [0.1, 0.15) is 0 Å². The minimum Gasteiger partial charge on any atom is -0.342 e. The molecule has 0 radical (unpaired) electrons. The molecule has 3 aromatic rings. The molecule has 0 unspecified atom stereocenters. The van der Waals surface area contributed by atoms with Crippen molar-refractivity contribution in [2.24, 2.45) is 5.92 Å². The van der Waals surface area contributed by atoms with Crippen LogP contribution in [0.3, 0.4) is 0 Å². The van der Waals surface area contributed by atoms with Crippen LogP contribution < -0.4 is 5.32 Å². The molecular weight excluding hydrogens is 451 g/mol. The van der Waals surface area contributed by atoms with Gasteiger partial charge in [-0.15, -0.1) is 16.8 Å². The molecule has 0 spiro atoms. The molecule has 1 N–H and O–H groups in total. The Balaban J connectivity index is 1.83. The Kier molecular flexibility index (Phi) is 8.18. The van der Waals surface area contributed by atoms with Crippen molar-refractivity contribution in [3.05, 3.63) is 88.2 Å². The number of amides is 1. The molecule has 31 heavy (non-hydrogen) atoms. The van der Waals surface area contributed by atoms with Crippen LogP contribution >= 0.6 is 35.0 Å². The lowest BCUT2D eigenvalue weighted by Gasteiger charge is -2.22. The third kappa shape index (κ3) is 5.91. The fourth-order valence-corrected chi connectivity index (χ4v) is 4.28. The summed E-state index contributed by atoms with van der Waals surface area (Å²) in [5, 5.41) is 13.7. The minimum atomic E-state index is -0.292. The molecule has 0 aliphatic carbocycles. The molecule has 0 fully saturated rings. The summed E-state index contributed by atoms with van der Waals surface area (Å²) in [4.78, 5) is 12.8. The molecular formula is C23H24Cl2N4OS. The van der Waals surface area contributed by atoms with Crippen LogP contribution in [0.2, 0.25) is 10.0 Å². The van der Waals surface area contributed by atoms with E-state index in [1.165, 1.54) is 0 Å². The molecule has 0 saturated carbocycles. The van der Waals surface area contributed by atoms with Gasteiger partial charge in [-0.1, -0.05) is 79.2 Å². The molecule has 8 heteroatoms. The summed E-state index contributed by atoms with van der Waals surface area (Å²) in [5.41, 5.74) is 1.64. The SMILES string of the molecule is C=CCn1c(SCc2ccc(Cl)c(Cl)c2)nnc1[C@@H](NC(=O)c1ccccc1)C(C)C. The molecule has 1 heterocycles. The summed E-state index contributed by atoms with van der Waals surface area (Å²) in [7, 11) is 0. The maximum atomic E-state index is 12.8. The number of hydrogen-bond acceptors (Lipinski definition) is 4. The number of allylic oxidation sites excluding steroid dienone is 1. The van der Waals surface area contributed by atoms with Crippen molar-refractivity contribution < 1.29 is 4.79 Å². The molecule has 1 amide bonds. The van der Waals surface area contributed by atoms with E-state index < -0.39 is 0 Å². The summed E-state index contributed by atoms with van der Waals surface area (Å²) < 4.78 is 1.99. The Bertz CT molecular complexity index is 1050. The number of halogens is 2. The van der Waals surface area contributed by atoms with Gasteiger partial charge in [-0.25, -0.2) is 0 Å². The summed E-state index contributed by atoms with van der Waals surface area (Å²) in [6.45, 7) is 8.50. The van der Waals surface area contributed by atoms with Gasteiger partial charge < -0.3 is 9.88 Å². The maximum absolute atomic E-state index is 12.8. The molecule has 0 aliphatic rings. The third-order valence-corrected chi connectivity index (χ3v) is 6.45. The minimum absolute atomic E-state index is 0.119. The topological polar surface area (TPSA) is 59.8 Å². The number of carbonyl (C=O) groups excluding carboxylic acids is 1. The molecule has 2 aromatic carbocycles. The lowest BCUT2D eigenvalue weighted by atomic mass is 10.0. The largest absolute Gasteiger partial charge is 0.342 e. The van der Waals surface area contributed by atoms with E-state index in [0.29, 0.717) is 33.7 Å². The van der Waals surface area contributed by atoms with Crippen molar-refractivity contribution in [1.29, 1.82) is 0 Å². The van der Waals surface area contributed by atoms with Crippen LogP contribution in [0.5, 0.6) is 0 Å². The normalized spacial score (nSPS) is 12.0. The van der Waals surface area contributed by atoms with Gasteiger partial charge in [0.25, 0.3) is 5.91 Å². The van der Waals surface area contributed by atoms with E-state index in [-0.39, 0.29) is 17.9 Å². The van der Waals surface area contributed by atoms with Crippen LogP contribution in [0.1, 0.15) is 41.6 Å². The molecule has 1 atom stereocenters. The first-order chi connectivity index (χ1) is 14.9. The molecule has 0 saturated heterocycles. The molecule has 5 nitrogen and oxygen atoms in total. The summed E-state index contributed by atoms with van der Waals surface area (Å²) in [5.74, 6) is 1.34. The second kappa shape index (κ2) is 10.8. The van der Waals surface area contributed by atoms with Crippen molar-refractivity contribution >= 4 is 40.9 Å². The van der Waals surface area contributed by atoms with Crippen LogP contribution in [0.15, 0.2) is 66.3 Å². The monoisotopic (exact) mass is 474 g/mol. The van der Waals surface area contributed by atoms with E-state index in [1.54, 1.807) is 36.0 Å². The predicted octanol–water partition coefficient (Wildman–Crippen LogP) is 6.19. The van der Waals surface area contributed by atoms with Gasteiger partial charge in [0.2, 0.25) is 0 Å². The van der Waals surface area contributed by atoms with E-state index in [0.717, 1.165) is 10.7 Å². The summed E-state index contributed by atoms with van der Waals surface area (Å²) in [6, 6.07) is 14.4. The van der Waals surface area contributed by atoms with Gasteiger partial charge in [0.05, 0.1) is 16.1 Å². The van der Waals surface area contributed by atoms with E-state index in [1.807, 2.05) is 48.7 Å². The second-order valence-electron chi connectivity index (χ2n) is 7.34. The average Bonchev–Trinajstić information content (AvgIpc) is 3.15. The van der Waals surface area contributed by atoms with Crippen molar-refractivity contribution in [3.8, 4) is 0 Å². The Labute approximate surface area is 196 Å². The number of thioether (sulfide) groups is 1. The smallest absolute Gasteiger partial charge is 0.251 e. The standard InChI is InChI=1S/C23H24Cl2N4OS/c1-4-12-29-21(20(15(2)3)26-22(30)17-8-6-5-7-9-17)27-28-23(29)31-14-16-10-11-18(24)19(25)13-16/h4-11,13,15,20H,1,12,14H2,2-3H3,(H,26,30)/t20-/m0/s1. The zero-order chi connectivity index (χ0) is 22.4. The predicted molar refractivity (Wildman–Crippen MR) is 128 cm³/mol. The Morgan fingerprint density at radius 3 is 2.55 bits per heavy atom. The lowest BCUT2D eigenvalue weighted by molar-refractivity contribution is 0.0922. The molecule has 1 aromatic heterocycles. The number of nitrogens with one attached hydrogen (secondary N) is 1. The Morgan fingerprint density at radius 1 is 1.16 bits per heavy atom. The van der Waals surface area contributed by atoms with Crippen molar-refractivity contribution in [1.82, 2.24) is 20.1 Å². The van der Waals surface area contributed by atoms with Gasteiger partial charge in [0.15, 0.2) is 11.0 Å². The van der Waals surface area contributed by atoms with E-state index >= 15 is 0 Å². The number of aromatic nitrogens is 3. The van der Waals surface area contributed by atoms with E-state index in [9.17, 15) is 4.79 Å². The van der Waals surface area contributed by atoms with Crippen molar-refractivity contribution in [2.75, 3.05) is 0 Å². The highest BCUT2D eigenvalue weighted by Crippen LogP contribution is 2.29. The number of hydrogen-bond donors (Lipinski definition) is 1. The highest BCUT2D eigenvalue weighted by molar-refractivity contribution is 7.98. The van der Waals surface area contributed by atoms with Gasteiger partial charge in [-0.3, -0.25) is 4.79 Å². The van der Waals surface area contributed by atoms with Crippen LogP contribution in [0.4, 0.5) is 0 Å². The van der Waals surface area contributed by atoms with Crippen LogP contribution in [0.25, 0.3) is 0 Å². The van der Waals surface area contributed by atoms with Crippen molar-refractivity contribution in [2.45, 2.75) is 37.3 Å². The van der Waals surface area contributed by atoms with Crippen molar-refractivity contribution in [3.63, 3.8) is 0 Å². The number of nitrogens with zero attached hydrogens (tertiary/aromatic N) is 3. The third-order valence-electron chi connectivity index (χ3n) is 4.68. The zero-order valence-corrected chi connectivity index (χ0v) is 19.7. The van der Waals surface area contributed by atoms with Gasteiger partial charge >= 0.3 is 0 Å². The maximum Gasteiger partial charge on any atom is 0.251 e. The van der Waals surface area contributed by atoms with Crippen LogP contribution in [0, 0.1) is 5.92 Å². The fourth-order valence-electron chi connectivity index (χ4n) is 3.06. The van der Waals surface area contributed by atoms with Gasteiger partial charge in [-0.05, 0) is 35.7 Å². The summed E-state index contributed by atoms with van der Waals surface area (Å²) >= 11 is 13.7. The van der Waals surface area contributed by atoms with E-state index in [4.69, 9.17) is 23.2 Å². The number of carbonyl (C=O) groups is 1. The quantitative estimate of drug-likeness (QED) is 0.296. The highest BCUT2D eigenvalue weighted by atomic mass is 35.5. The highest BCUT2D eigenvalue weighted by Gasteiger charge is 2.26. The van der Waals surface area contributed by atoms with E-state index in [2.05, 4.69) is 22.1 Å². The van der Waals surface area contributed by atoms with Crippen LogP contribution in [-0.4, -0.2) is 20.7 Å². The van der Waals surface area contributed by atoms with Gasteiger partial charge in [0, 0.05) is 17.9 Å². The molecule has 3 rings (SSSR count). The summed E-state index contributed by atoms with van der Waals surface area (Å²) in [6.07, 6.45) is 1.80. The number of rotatable bonds is 9. The molecule has 0 bridgehead atoms. The van der Waals surface area contributed by atoms with Crippen LogP contribution in [-0.2, 0) is 12.3 Å². The zero-order valence-electron chi connectivity index (χ0n) is 17.4. The molecule has 0 aliphatic heterocycles. The Hall–Kier alpha value is -2.28. The second-order valence-corrected chi connectivity index (χ2v) is 9.10. The Morgan fingerprint density at radius 2 is 1.90 bits per heavy atom.